The van der Waals surface area contributed by atoms with Gasteiger partial charge in [-0.15, -0.1) is 0 Å². The van der Waals surface area contributed by atoms with E-state index in [0.717, 1.165) is 36.9 Å². The molecule has 2 fully saturated rings. The van der Waals surface area contributed by atoms with Gasteiger partial charge in [0.15, 0.2) is 5.43 Å². The van der Waals surface area contributed by atoms with Crippen LogP contribution >= 0.6 is 0 Å². The van der Waals surface area contributed by atoms with Gasteiger partial charge in [0.25, 0.3) is 0 Å². The fraction of sp³-hybridized carbons (Fsp3) is 0.500. The number of hydrogen-bond acceptors (Lipinski definition) is 3. The van der Waals surface area contributed by atoms with Crippen molar-refractivity contribution >= 4 is 5.97 Å². The van der Waals surface area contributed by atoms with E-state index in [0.29, 0.717) is 6.04 Å². The van der Waals surface area contributed by atoms with E-state index in [9.17, 15) is 14.7 Å². The van der Waals surface area contributed by atoms with Gasteiger partial charge < -0.3 is 15.4 Å². The van der Waals surface area contributed by atoms with E-state index in [2.05, 4.69) is 0 Å². The van der Waals surface area contributed by atoms with Crippen molar-refractivity contribution in [3.8, 4) is 11.3 Å². The maximum absolute atomic E-state index is 12.1. The number of rotatable bonds is 3. The van der Waals surface area contributed by atoms with Crippen LogP contribution in [-0.2, 0) is 0 Å². The number of hydrogen-bond donors (Lipinski definition) is 2. The first-order valence-electron chi connectivity index (χ1n) is 10.9. The molecule has 3 N–H and O–H groups in total. The standard InChI is InChI=1S/C18H19NO3.C6H13N/c20-17-11-16(13-7-3-1-4-8-13)19(12-15(17)18(21)22)14-9-5-2-6-10-14;7-6-4-2-1-3-5-6/h1,3-4,7-8,11-12,14H,2,5-6,9-10H2,(H,21,22);6H,1-5,7H2. The maximum atomic E-state index is 12.1. The Kier molecular flexibility index (Phi) is 7.64. The number of nitrogens with two attached hydrogens (primary N) is 1. The van der Waals surface area contributed by atoms with Gasteiger partial charge in [-0.3, -0.25) is 4.79 Å². The number of pyridine rings is 1. The minimum absolute atomic E-state index is 0.148. The van der Waals surface area contributed by atoms with E-state index in [-0.39, 0.29) is 11.6 Å². The first-order chi connectivity index (χ1) is 14.1. The Labute approximate surface area is 172 Å². The molecule has 0 atom stereocenters. The van der Waals surface area contributed by atoms with Crippen molar-refractivity contribution in [3.63, 3.8) is 0 Å². The second-order valence-electron chi connectivity index (χ2n) is 8.20. The molecule has 2 aliphatic rings. The van der Waals surface area contributed by atoms with E-state index in [4.69, 9.17) is 5.73 Å². The maximum Gasteiger partial charge on any atom is 0.341 e. The lowest BCUT2D eigenvalue weighted by atomic mass is 9.94. The van der Waals surface area contributed by atoms with Gasteiger partial charge in [0.2, 0.25) is 0 Å². The summed E-state index contributed by atoms with van der Waals surface area (Å²) in [7, 11) is 0. The molecule has 29 heavy (non-hydrogen) atoms. The normalized spacial score (nSPS) is 18.0. The average Bonchev–Trinajstić information content (AvgIpc) is 2.75. The Morgan fingerprint density at radius 1 is 0.931 bits per heavy atom. The molecule has 1 heterocycles. The van der Waals surface area contributed by atoms with Crippen molar-refractivity contribution < 1.29 is 9.90 Å². The third-order valence-electron chi connectivity index (χ3n) is 6.00. The minimum atomic E-state index is -1.16. The zero-order chi connectivity index (χ0) is 20.6. The molecule has 0 radical (unpaired) electrons. The van der Waals surface area contributed by atoms with Gasteiger partial charge in [-0.1, -0.05) is 68.9 Å². The number of benzene rings is 1. The van der Waals surface area contributed by atoms with Crippen molar-refractivity contribution in [3.05, 3.63) is 58.4 Å². The molecule has 5 nitrogen and oxygen atoms in total. The topological polar surface area (TPSA) is 85.3 Å². The molecule has 4 rings (SSSR count). The first kappa shape index (κ1) is 21.3. The van der Waals surface area contributed by atoms with E-state index < -0.39 is 11.4 Å². The number of aromatic nitrogens is 1. The van der Waals surface area contributed by atoms with Crippen LogP contribution in [0.1, 0.15) is 80.6 Å². The highest BCUT2D eigenvalue weighted by molar-refractivity contribution is 5.87. The SMILES string of the molecule is NC1CCCCC1.O=C(O)c1cn(C2CCCCC2)c(-c2ccccc2)cc1=O. The predicted molar refractivity (Wildman–Crippen MR) is 116 cm³/mol. The van der Waals surface area contributed by atoms with Crippen molar-refractivity contribution in [2.24, 2.45) is 5.73 Å². The number of aromatic carboxylic acids is 1. The van der Waals surface area contributed by atoms with E-state index >= 15 is 0 Å². The number of carbonyl (C=O) groups is 1. The van der Waals surface area contributed by atoms with E-state index in [1.54, 1.807) is 0 Å². The summed E-state index contributed by atoms with van der Waals surface area (Å²) in [5.74, 6) is -1.16. The molecule has 2 saturated carbocycles. The molecule has 2 aromatic rings. The molecule has 2 aliphatic carbocycles. The van der Waals surface area contributed by atoms with Gasteiger partial charge in [0.1, 0.15) is 5.56 Å². The molecule has 0 bridgehead atoms. The Morgan fingerprint density at radius 3 is 2.03 bits per heavy atom. The highest BCUT2D eigenvalue weighted by Crippen LogP contribution is 2.32. The fourth-order valence-electron chi connectivity index (χ4n) is 4.35. The summed E-state index contributed by atoms with van der Waals surface area (Å²) in [5.41, 5.74) is 6.81. The number of nitrogens with zero attached hydrogens (tertiary/aromatic N) is 1. The Morgan fingerprint density at radius 2 is 1.52 bits per heavy atom. The molecule has 0 unspecified atom stereocenters. The molecule has 1 aromatic heterocycles. The molecular weight excluding hydrogens is 364 g/mol. The van der Waals surface area contributed by atoms with E-state index in [1.165, 1.54) is 50.8 Å². The van der Waals surface area contributed by atoms with Gasteiger partial charge in [0, 0.05) is 24.3 Å². The molecular formula is C24H32N2O3. The van der Waals surface area contributed by atoms with Gasteiger partial charge in [-0.05, 0) is 31.2 Å². The monoisotopic (exact) mass is 396 g/mol. The lowest BCUT2D eigenvalue weighted by molar-refractivity contribution is 0.0694. The average molecular weight is 397 g/mol. The summed E-state index contributed by atoms with van der Waals surface area (Å²) >= 11 is 0. The van der Waals surface area contributed by atoms with Crippen molar-refractivity contribution in [1.82, 2.24) is 4.57 Å². The quantitative estimate of drug-likeness (QED) is 0.765. The largest absolute Gasteiger partial charge is 0.477 e. The van der Waals surface area contributed by atoms with Crippen molar-refractivity contribution in [1.29, 1.82) is 0 Å². The van der Waals surface area contributed by atoms with Crippen molar-refractivity contribution in [2.75, 3.05) is 0 Å². The summed E-state index contributed by atoms with van der Waals surface area (Å²) in [6.07, 6.45) is 13.8. The Hall–Kier alpha value is -2.40. The smallest absolute Gasteiger partial charge is 0.341 e. The molecule has 156 valence electrons. The van der Waals surface area contributed by atoms with Crippen LogP contribution in [-0.4, -0.2) is 21.7 Å². The summed E-state index contributed by atoms with van der Waals surface area (Å²) in [6.45, 7) is 0. The summed E-state index contributed by atoms with van der Waals surface area (Å²) in [6, 6.07) is 12.0. The number of carboxylic acids is 1. The second-order valence-corrected chi connectivity index (χ2v) is 8.20. The number of carboxylic acid groups (broad SMARTS) is 1. The van der Waals surface area contributed by atoms with Crippen molar-refractivity contribution in [2.45, 2.75) is 76.3 Å². The first-order valence-corrected chi connectivity index (χ1v) is 10.9. The predicted octanol–water partition coefficient (Wildman–Crippen LogP) is 5.00. The van der Waals surface area contributed by atoms with E-state index in [1.807, 2.05) is 34.9 Å². The van der Waals surface area contributed by atoms with Crippen LogP contribution in [0.5, 0.6) is 0 Å². The molecule has 5 heteroatoms. The van der Waals surface area contributed by atoms with Gasteiger partial charge >= 0.3 is 5.97 Å². The van der Waals surface area contributed by atoms with Crippen LogP contribution in [0.25, 0.3) is 11.3 Å². The molecule has 1 aromatic carbocycles. The molecule has 0 spiro atoms. The van der Waals surface area contributed by atoms with Crippen LogP contribution in [0.2, 0.25) is 0 Å². The molecule has 0 saturated heterocycles. The third-order valence-corrected chi connectivity index (χ3v) is 6.00. The fourth-order valence-corrected chi connectivity index (χ4v) is 4.35. The van der Waals surface area contributed by atoms with Crippen LogP contribution in [0.15, 0.2) is 47.4 Å². The minimum Gasteiger partial charge on any atom is -0.477 e. The lowest BCUT2D eigenvalue weighted by Crippen LogP contribution is -2.22. The van der Waals surface area contributed by atoms with Gasteiger partial charge in [-0.2, -0.15) is 0 Å². The lowest BCUT2D eigenvalue weighted by Gasteiger charge is -2.27. The van der Waals surface area contributed by atoms with Gasteiger partial charge in [-0.25, -0.2) is 4.79 Å². The van der Waals surface area contributed by atoms with Crippen LogP contribution in [0.3, 0.4) is 0 Å². The zero-order valence-corrected chi connectivity index (χ0v) is 17.1. The Balaban J connectivity index is 0.000000290. The molecule has 0 aliphatic heterocycles. The van der Waals surface area contributed by atoms with Crippen LogP contribution in [0, 0.1) is 0 Å². The van der Waals surface area contributed by atoms with Crippen LogP contribution in [0.4, 0.5) is 0 Å². The summed E-state index contributed by atoms with van der Waals surface area (Å²) < 4.78 is 2.00. The summed E-state index contributed by atoms with van der Waals surface area (Å²) in [5, 5.41) is 9.24. The van der Waals surface area contributed by atoms with Crippen LogP contribution < -0.4 is 11.2 Å². The zero-order valence-electron chi connectivity index (χ0n) is 17.1. The highest BCUT2D eigenvalue weighted by atomic mass is 16.4. The van der Waals surface area contributed by atoms with Gasteiger partial charge in [0.05, 0.1) is 5.69 Å². The molecule has 0 amide bonds. The Bertz CT molecular complexity index is 848. The second kappa shape index (κ2) is 10.4. The highest BCUT2D eigenvalue weighted by Gasteiger charge is 2.20. The summed E-state index contributed by atoms with van der Waals surface area (Å²) in [4.78, 5) is 23.4. The third kappa shape index (κ3) is 5.80.